The Morgan fingerprint density at radius 1 is 1.47 bits per heavy atom. The molecule has 0 amide bonds. The molecule has 1 atom stereocenters. The molecule has 0 heterocycles. The number of nitrogens with zero attached hydrogens (tertiary/aromatic N) is 1. The molecule has 0 radical (unpaired) electrons. The van der Waals surface area contributed by atoms with Gasteiger partial charge in [0.2, 0.25) is 0 Å². The van der Waals surface area contributed by atoms with Gasteiger partial charge in [-0.05, 0) is 37.0 Å². The molecule has 0 fully saturated rings. The lowest BCUT2D eigenvalue weighted by Crippen LogP contribution is -2.23. The topological polar surface area (TPSA) is 44.0 Å². The van der Waals surface area contributed by atoms with E-state index in [1.807, 2.05) is 12.1 Å². The maximum absolute atomic E-state index is 10.3. The molecule has 80 valence electrons. The van der Waals surface area contributed by atoms with Gasteiger partial charge >= 0.3 is 0 Å². The lowest BCUT2D eigenvalue weighted by molar-refractivity contribution is 0.0348. The minimum absolute atomic E-state index is 0.422. The van der Waals surface area contributed by atoms with Crippen molar-refractivity contribution in [2.45, 2.75) is 32.8 Å². The highest BCUT2D eigenvalue weighted by Gasteiger charge is 2.24. The van der Waals surface area contributed by atoms with Gasteiger partial charge in [0.1, 0.15) is 0 Å². The average molecular weight is 203 g/mol. The van der Waals surface area contributed by atoms with Gasteiger partial charge < -0.3 is 5.11 Å². The van der Waals surface area contributed by atoms with Crippen LogP contribution in [0.1, 0.15) is 38.3 Å². The Bertz CT molecular complexity index is 374. The Kier molecular flexibility index (Phi) is 3.49. The highest BCUT2D eigenvalue weighted by atomic mass is 16.3. The first-order chi connectivity index (χ1) is 6.95. The second-order valence-corrected chi connectivity index (χ2v) is 4.56. The molecule has 1 aromatic carbocycles. The number of hydrogen-bond donors (Lipinski definition) is 1. The molecule has 1 N–H and O–H groups in total. The van der Waals surface area contributed by atoms with E-state index in [9.17, 15) is 5.11 Å². The first-order valence-electron chi connectivity index (χ1n) is 5.19. The number of rotatable bonds is 3. The fourth-order valence-corrected chi connectivity index (χ4v) is 1.84. The van der Waals surface area contributed by atoms with Gasteiger partial charge in [0.05, 0.1) is 17.2 Å². The number of benzene rings is 1. The van der Waals surface area contributed by atoms with E-state index in [-0.39, 0.29) is 0 Å². The molecule has 0 spiro atoms. The van der Waals surface area contributed by atoms with E-state index < -0.39 is 5.60 Å². The van der Waals surface area contributed by atoms with Crippen LogP contribution in [0.15, 0.2) is 24.3 Å². The fraction of sp³-hybridized carbons (Fsp3) is 0.462. The van der Waals surface area contributed by atoms with E-state index in [0.717, 1.165) is 5.56 Å². The molecule has 0 bridgehead atoms. The van der Waals surface area contributed by atoms with Crippen molar-refractivity contribution < 1.29 is 5.11 Å². The Balaban J connectivity index is 2.99. The van der Waals surface area contributed by atoms with E-state index >= 15 is 0 Å². The summed E-state index contributed by atoms with van der Waals surface area (Å²) in [6, 6.07) is 9.25. The molecule has 1 unspecified atom stereocenters. The van der Waals surface area contributed by atoms with Crippen LogP contribution < -0.4 is 0 Å². The number of aliphatic hydroxyl groups is 1. The quantitative estimate of drug-likeness (QED) is 0.821. The van der Waals surface area contributed by atoms with Crippen LogP contribution in [-0.2, 0) is 5.60 Å². The summed E-state index contributed by atoms with van der Waals surface area (Å²) in [5.41, 5.74) is 0.563. The Morgan fingerprint density at radius 3 is 2.67 bits per heavy atom. The van der Waals surface area contributed by atoms with Gasteiger partial charge in [-0.1, -0.05) is 26.0 Å². The summed E-state index contributed by atoms with van der Waals surface area (Å²) in [5, 5.41) is 19.0. The van der Waals surface area contributed by atoms with Crippen molar-refractivity contribution in [3.05, 3.63) is 35.4 Å². The second kappa shape index (κ2) is 4.46. The predicted octanol–water partition coefficient (Wildman–Crippen LogP) is 2.81. The van der Waals surface area contributed by atoms with Crippen LogP contribution in [0, 0.1) is 17.2 Å². The summed E-state index contributed by atoms with van der Waals surface area (Å²) >= 11 is 0. The third-order valence-corrected chi connectivity index (χ3v) is 2.42. The minimum Gasteiger partial charge on any atom is -0.385 e. The first-order valence-corrected chi connectivity index (χ1v) is 5.19. The van der Waals surface area contributed by atoms with Crippen LogP contribution in [0.4, 0.5) is 0 Å². The molecular weight excluding hydrogens is 186 g/mol. The molecule has 0 aliphatic heterocycles. The molecule has 0 saturated carbocycles. The summed E-state index contributed by atoms with van der Waals surface area (Å²) in [7, 11) is 0. The summed E-state index contributed by atoms with van der Waals surface area (Å²) in [4.78, 5) is 0. The number of nitriles is 1. The van der Waals surface area contributed by atoms with Gasteiger partial charge in [-0.25, -0.2) is 0 Å². The number of hydrogen-bond acceptors (Lipinski definition) is 2. The summed E-state index contributed by atoms with van der Waals surface area (Å²) in [5.74, 6) is 0.422. The monoisotopic (exact) mass is 203 g/mol. The normalized spacial score (nSPS) is 14.7. The van der Waals surface area contributed by atoms with E-state index in [4.69, 9.17) is 5.26 Å². The molecule has 15 heavy (non-hydrogen) atoms. The molecule has 0 aliphatic rings. The van der Waals surface area contributed by atoms with Crippen molar-refractivity contribution in [2.75, 3.05) is 0 Å². The average Bonchev–Trinajstić information content (AvgIpc) is 2.16. The summed E-state index contributed by atoms with van der Waals surface area (Å²) in [6.07, 6.45) is 0.696. The van der Waals surface area contributed by atoms with Gasteiger partial charge in [0.25, 0.3) is 0 Å². The van der Waals surface area contributed by atoms with E-state index in [2.05, 4.69) is 19.9 Å². The lowest BCUT2D eigenvalue weighted by atomic mass is 9.87. The van der Waals surface area contributed by atoms with Gasteiger partial charge in [0.15, 0.2) is 0 Å². The minimum atomic E-state index is -0.846. The Morgan fingerprint density at radius 2 is 2.13 bits per heavy atom. The summed E-state index contributed by atoms with van der Waals surface area (Å²) in [6.45, 7) is 5.94. The molecule has 0 aromatic heterocycles. The lowest BCUT2D eigenvalue weighted by Gasteiger charge is -2.25. The zero-order valence-electron chi connectivity index (χ0n) is 9.49. The van der Waals surface area contributed by atoms with Crippen LogP contribution in [0.3, 0.4) is 0 Å². The van der Waals surface area contributed by atoms with Crippen LogP contribution in [0.5, 0.6) is 0 Å². The Hall–Kier alpha value is -1.33. The largest absolute Gasteiger partial charge is 0.385 e. The van der Waals surface area contributed by atoms with Crippen molar-refractivity contribution in [3.63, 3.8) is 0 Å². The molecule has 2 nitrogen and oxygen atoms in total. The third kappa shape index (κ3) is 3.07. The summed E-state index contributed by atoms with van der Waals surface area (Å²) < 4.78 is 0. The molecule has 0 aliphatic carbocycles. The van der Waals surface area contributed by atoms with Crippen LogP contribution in [0.25, 0.3) is 0 Å². The zero-order valence-corrected chi connectivity index (χ0v) is 9.49. The SMILES string of the molecule is CC(C)CC(C)(O)c1cccc(C#N)c1. The Labute approximate surface area is 91.2 Å². The molecule has 1 rings (SSSR count). The van der Waals surface area contributed by atoms with Crippen molar-refractivity contribution in [2.24, 2.45) is 5.92 Å². The van der Waals surface area contributed by atoms with Crippen molar-refractivity contribution >= 4 is 0 Å². The van der Waals surface area contributed by atoms with Crippen molar-refractivity contribution in [1.29, 1.82) is 5.26 Å². The van der Waals surface area contributed by atoms with Crippen molar-refractivity contribution in [1.82, 2.24) is 0 Å². The second-order valence-electron chi connectivity index (χ2n) is 4.56. The standard InChI is InChI=1S/C13H17NO/c1-10(2)8-13(3,15)12-6-4-5-11(7-12)9-14/h4-7,10,15H,8H2,1-3H3. The van der Waals surface area contributed by atoms with Gasteiger partial charge in [-0.2, -0.15) is 5.26 Å². The van der Waals surface area contributed by atoms with E-state index in [1.54, 1.807) is 19.1 Å². The molecular formula is C13H17NO. The van der Waals surface area contributed by atoms with E-state index in [0.29, 0.717) is 17.9 Å². The molecule has 0 saturated heterocycles. The third-order valence-electron chi connectivity index (χ3n) is 2.42. The maximum atomic E-state index is 10.3. The van der Waals surface area contributed by atoms with Gasteiger partial charge in [-0.15, -0.1) is 0 Å². The smallest absolute Gasteiger partial charge is 0.0991 e. The van der Waals surface area contributed by atoms with Gasteiger partial charge in [0, 0.05) is 0 Å². The van der Waals surface area contributed by atoms with Crippen LogP contribution in [-0.4, -0.2) is 5.11 Å². The molecule has 2 heteroatoms. The first kappa shape index (κ1) is 11.7. The molecule has 1 aromatic rings. The van der Waals surface area contributed by atoms with Crippen molar-refractivity contribution in [3.8, 4) is 6.07 Å². The fourth-order valence-electron chi connectivity index (χ4n) is 1.84. The van der Waals surface area contributed by atoms with Crippen LogP contribution >= 0.6 is 0 Å². The highest BCUT2D eigenvalue weighted by Crippen LogP contribution is 2.28. The van der Waals surface area contributed by atoms with Crippen LogP contribution in [0.2, 0.25) is 0 Å². The maximum Gasteiger partial charge on any atom is 0.0991 e. The van der Waals surface area contributed by atoms with Gasteiger partial charge in [-0.3, -0.25) is 0 Å². The predicted molar refractivity (Wildman–Crippen MR) is 60.2 cm³/mol. The zero-order chi connectivity index (χ0) is 11.5. The van der Waals surface area contributed by atoms with E-state index in [1.165, 1.54) is 0 Å². The highest BCUT2D eigenvalue weighted by molar-refractivity contribution is 5.35.